The van der Waals surface area contributed by atoms with Crippen molar-refractivity contribution in [1.82, 2.24) is 0 Å². The Morgan fingerprint density at radius 3 is 2.18 bits per heavy atom. The molecule has 0 aromatic heterocycles. The minimum absolute atomic E-state index is 0. The molecule has 0 radical (unpaired) electrons. The van der Waals surface area contributed by atoms with E-state index in [-0.39, 0.29) is 44.3 Å². The van der Waals surface area contributed by atoms with Gasteiger partial charge in [-0.15, -0.1) is 12.3 Å². The van der Waals surface area contributed by atoms with Crippen LogP contribution in [0, 0.1) is 0 Å². The first kappa shape index (κ1) is 17.2. The Morgan fingerprint density at radius 2 is 1.91 bits per heavy atom. The molecule has 0 fully saturated rings. The Kier molecular flexibility index (Phi) is 15.8. The number of ether oxygens (including phenoxy) is 1. The maximum Gasteiger partial charge on any atom is 1.00 e. The Bertz CT molecular complexity index is 134. The molecule has 11 heavy (non-hydrogen) atoms. The first-order chi connectivity index (χ1) is 4.16. The van der Waals surface area contributed by atoms with Crippen LogP contribution in [-0.2, 0) is 4.74 Å². The van der Waals surface area contributed by atoms with Gasteiger partial charge in [0.1, 0.15) is 0 Å². The van der Waals surface area contributed by atoms with E-state index in [2.05, 4.69) is 11.3 Å². The quantitative estimate of drug-likeness (QED) is 0.223. The van der Waals surface area contributed by atoms with Crippen molar-refractivity contribution in [1.29, 1.82) is 0 Å². The summed E-state index contributed by atoms with van der Waals surface area (Å²) in [7, 11) is 0. The third kappa shape index (κ3) is 13.1. The number of rotatable bonds is 3. The van der Waals surface area contributed by atoms with E-state index in [1.54, 1.807) is 6.92 Å². The molecule has 0 N–H and O–H groups in total. The molecule has 0 bridgehead atoms. The van der Waals surface area contributed by atoms with Crippen molar-refractivity contribution in [2.24, 2.45) is 0 Å². The molecule has 0 aromatic rings. The fraction of sp³-hybridized carbons (Fsp3) is 0.333. The molecule has 0 saturated carbocycles. The van der Waals surface area contributed by atoms with Gasteiger partial charge < -0.3 is 14.9 Å². The van der Waals surface area contributed by atoms with E-state index in [0.717, 1.165) is 6.08 Å². The maximum absolute atomic E-state index is 10.3. The second kappa shape index (κ2) is 10.1. The molecule has 3 nitrogen and oxygen atoms in total. The average molecular weight is 142 g/mol. The number of hydrogen-bond acceptors (Lipinski definition) is 3. The molecule has 0 aliphatic heterocycles. The van der Waals surface area contributed by atoms with Crippen LogP contribution in [-0.4, -0.2) is 6.61 Å². The van der Waals surface area contributed by atoms with Crippen molar-refractivity contribution in [3.63, 3.8) is 0 Å². The van der Waals surface area contributed by atoms with Crippen LogP contribution < -0.4 is 47.9 Å². The van der Waals surface area contributed by atoms with Crippen molar-refractivity contribution < 1.29 is 52.7 Å². The summed E-state index contributed by atoms with van der Waals surface area (Å²) in [5.74, 6) is -1.16. The van der Waals surface area contributed by atoms with Gasteiger partial charge in [0, 0.05) is 0 Å². The number of allylic oxidation sites excluding steroid dienone is 1. The van der Waals surface area contributed by atoms with E-state index in [4.69, 9.17) is 0 Å². The van der Waals surface area contributed by atoms with Crippen molar-refractivity contribution in [2.75, 3.05) is 6.61 Å². The molecule has 5 heteroatoms. The molecule has 0 saturated heterocycles. The van der Waals surface area contributed by atoms with Crippen molar-refractivity contribution in [3.05, 3.63) is 24.4 Å². The maximum atomic E-state index is 10.3. The van der Waals surface area contributed by atoms with Gasteiger partial charge in [-0.05, 0) is 12.7 Å². The van der Waals surface area contributed by atoms with E-state index in [0.29, 0.717) is 0 Å². The van der Waals surface area contributed by atoms with Crippen molar-refractivity contribution in [3.8, 4) is 0 Å². The summed E-state index contributed by atoms with van der Waals surface area (Å²) < 4.78 is 4.40. The molecule has 0 spiro atoms. The topological polar surface area (TPSA) is 55.3 Å². The van der Waals surface area contributed by atoms with Crippen LogP contribution in [0.3, 0.4) is 0 Å². The summed E-state index contributed by atoms with van der Waals surface area (Å²) in [6.07, 6.45) is 0.809. The zero-order valence-electron chi connectivity index (χ0n) is 7.22. The molecule has 0 aromatic carbocycles. The van der Waals surface area contributed by atoms with E-state index in [1.807, 2.05) is 0 Å². The first-order valence-electron chi connectivity index (χ1n) is 2.54. The van der Waals surface area contributed by atoms with E-state index < -0.39 is 11.7 Å². The van der Waals surface area contributed by atoms with Gasteiger partial charge >= 0.3 is 37.7 Å². The summed E-state index contributed by atoms with van der Waals surface area (Å²) in [4.78, 5) is 0. The minimum atomic E-state index is -0.627. The summed E-state index contributed by atoms with van der Waals surface area (Å²) in [6, 6.07) is 0. The molecular weight excluding hydrogens is 134 g/mol. The predicted molar refractivity (Wildman–Crippen MR) is 28.8 cm³/mol. The zero-order chi connectivity index (χ0) is 7.28. The van der Waals surface area contributed by atoms with Crippen LogP contribution in [0.1, 0.15) is 6.92 Å². The van der Waals surface area contributed by atoms with E-state index in [1.165, 1.54) is 0 Å². The molecule has 52 valence electrons. The van der Waals surface area contributed by atoms with Crippen LogP contribution in [0.15, 0.2) is 24.4 Å². The molecule has 0 unspecified atom stereocenters. The Balaban J connectivity index is -0.000000320. The summed E-state index contributed by atoms with van der Waals surface area (Å²) >= 11 is 0. The average Bonchev–Trinajstić information content (AvgIpc) is 1.63. The van der Waals surface area contributed by atoms with Crippen molar-refractivity contribution >= 4 is 0 Å². The molecule has 0 amide bonds. The SMILES string of the molecule is C=C([O-])/C=C(\[O-])OCC.[Li+].[Li+]. The molecule has 0 rings (SSSR count). The Labute approximate surface area is 90.5 Å². The molecule has 0 aliphatic carbocycles. The first-order valence-corrected chi connectivity index (χ1v) is 2.54. The van der Waals surface area contributed by atoms with Crippen LogP contribution in [0.25, 0.3) is 0 Å². The van der Waals surface area contributed by atoms with Gasteiger partial charge in [-0.1, -0.05) is 6.92 Å². The van der Waals surface area contributed by atoms with Crippen LogP contribution in [0.5, 0.6) is 0 Å². The number of hydrogen-bond donors (Lipinski definition) is 0. The Hall–Kier alpha value is 0.0748. The summed E-state index contributed by atoms with van der Waals surface area (Å²) in [5, 5.41) is 20.4. The molecule has 0 heterocycles. The van der Waals surface area contributed by atoms with Crippen LogP contribution >= 0.6 is 0 Å². The molecule has 0 atom stereocenters. The van der Waals surface area contributed by atoms with Gasteiger partial charge in [-0.25, -0.2) is 0 Å². The smallest absolute Gasteiger partial charge is 0.873 e. The van der Waals surface area contributed by atoms with Gasteiger partial charge in [0.25, 0.3) is 0 Å². The molecular formula is C6H8Li2O3. The third-order valence-corrected chi connectivity index (χ3v) is 0.565. The second-order valence-electron chi connectivity index (χ2n) is 1.36. The van der Waals surface area contributed by atoms with Gasteiger partial charge in [0.05, 0.1) is 5.95 Å². The Morgan fingerprint density at radius 1 is 1.45 bits per heavy atom. The molecule has 0 aliphatic rings. The van der Waals surface area contributed by atoms with Crippen molar-refractivity contribution in [2.45, 2.75) is 6.92 Å². The van der Waals surface area contributed by atoms with Gasteiger partial charge in [-0.2, -0.15) is 0 Å². The standard InChI is InChI=1S/C6H10O3.2Li/c1-3-9-6(8)4-5(2)7;;/h4,7-8H,2-3H2,1H3;;/q;2*+1/p-2/b6-4+;;. The van der Waals surface area contributed by atoms with Gasteiger partial charge in [0.15, 0.2) is 0 Å². The zero-order valence-corrected chi connectivity index (χ0v) is 7.22. The van der Waals surface area contributed by atoms with Crippen LogP contribution in [0.4, 0.5) is 0 Å². The van der Waals surface area contributed by atoms with Crippen LogP contribution in [0.2, 0.25) is 0 Å². The normalized spacial score (nSPS) is 9.00. The fourth-order valence-electron chi connectivity index (χ4n) is 0.315. The monoisotopic (exact) mass is 142 g/mol. The van der Waals surface area contributed by atoms with Gasteiger partial charge in [-0.3, -0.25) is 0 Å². The van der Waals surface area contributed by atoms with E-state index in [9.17, 15) is 10.2 Å². The largest absolute Gasteiger partial charge is 1.00 e. The summed E-state index contributed by atoms with van der Waals surface area (Å²) in [5.41, 5.74) is 0. The van der Waals surface area contributed by atoms with E-state index >= 15 is 0 Å². The predicted octanol–water partition coefficient (Wildman–Crippen LogP) is -6.89. The minimum Gasteiger partial charge on any atom is -0.873 e. The summed E-state index contributed by atoms with van der Waals surface area (Å²) in [6.45, 7) is 4.91. The third-order valence-electron chi connectivity index (χ3n) is 0.565. The van der Waals surface area contributed by atoms with Gasteiger partial charge in [0.2, 0.25) is 0 Å². The second-order valence-corrected chi connectivity index (χ2v) is 1.36. The fourth-order valence-corrected chi connectivity index (χ4v) is 0.315.